The molecule has 1 N–H and O–H groups in total. The van der Waals surface area contributed by atoms with E-state index in [4.69, 9.17) is 0 Å². The van der Waals surface area contributed by atoms with Crippen LogP contribution in [0.25, 0.3) is 0 Å². The molecule has 17 heavy (non-hydrogen) atoms. The van der Waals surface area contributed by atoms with Gasteiger partial charge in [-0.15, -0.1) is 0 Å². The average Bonchev–Trinajstić information content (AvgIpc) is 2.69. The maximum absolute atomic E-state index is 4.63. The SMILES string of the molecule is Brc1nc(Cc2ccccc2)n2c1CNCC2. The molecule has 1 aliphatic heterocycles. The molecule has 0 saturated heterocycles. The van der Waals surface area contributed by atoms with E-state index in [1.54, 1.807) is 0 Å². The third-order valence-corrected chi connectivity index (χ3v) is 3.75. The molecule has 3 nitrogen and oxygen atoms in total. The molecule has 88 valence electrons. The highest BCUT2D eigenvalue weighted by Gasteiger charge is 2.17. The summed E-state index contributed by atoms with van der Waals surface area (Å²) in [6.07, 6.45) is 0.902. The van der Waals surface area contributed by atoms with Crippen LogP contribution >= 0.6 is 15.9 Å². The van der Waals surface area contributed by atoms with Gasteiger partial charge in [0.15, 0.2) is 0 Å². The van der Waals surface area contributed by atoms with E-state index in [-0.39, 0.29) is 0 Å². The molecule has 1 aromatic carbocycles. The van der Waals surface area contributed by atoms with Gasteiger partial charge in [-0.25, -0.2) is 4.98 Å². The minimum absolute atomic E-state index is 0.902. The Morgan fingerprint density at radius 2 is 2.12 bits per heavy atom. The van der Waals surface area contributed by atoms with Crippen molar-refractivity contribution in [2.75, 3.05) is 6.54 Å². The molecule has 4 heteroatoms. The standard InChI is InChI=1S/C13H14BrN3/c14-13-11-9-15-6-7-17(11)12(16-13)8-10-4-2-1-3-5-10/h1-5,15H,6-9H2. The molecular weight excluding hydrogens is 278 g/mol. The van der Waals surface area contributed by atoms with Crippen molar-refractivity contribution < 1.29 is 0 Å². The molecule has 1 aliphatic rings. The molecule has 0 unspecified atom stereocenters. The largest absolute Gasteiger partial charge is 0.328 e. The molecule has 2 heterocycles. The first-order valence-corrected chi connectivity index (χ1v) is 6.62. The van der Waals surface area contributed by atoms with Crippen LogP contribution in [0.15, 0.2) is 34.9 Å². The van der Waals surface area contributed by atoms with Crippen LogP contribution in [0.5, 0.6) is 0 Å². The van der Waals surface area contributed by atoms with E-state index in [0.717, 1.165) is 36.5 Å². The third-order valence-electron chi connectivity index (χ3n) is 3.11. The fourth-order valence-electron chi connectivity index (χ4n) is 2.25. The van der Waals surface area contributed by atoms with Crippen molar-refractivity contribution >= 4 is 15.9 Å². The van der Waals surface area contributed by atoms with E-state index >= 15 is 0 Å². The zero-order valence-corrected chi connectivity index (χ0v) is 11.1. The molecule has 3 rings (SSSR count). The van der Waals surface area contributed by atoms with Crippen LogP contribution in [0.2, 0.25) is 0 Å². The van der Waals surface area contributed by atoms with Crippen molar-refractivity contribution in [3.8, 4) is 0 Å². The monoisotopic (exact) mass is 291 g/mol. The van der Waals surface area contributed by atoms with Crippen LogP contribution in [0.3, 0.4) is 0 Å². The van der Waals surface area contributed by atoms with E-state index in [2.05, 4.69) is 55.1 Å². The number of imidazole rings is 1. The Morgan fingerprint density at radius 1 is 1.29 bits per heavy atom. The Bertz CT molecular complexity index is 519. The Kier molecular flexibility index (Phi) is 2.99. The summed E-state index contributed by atoms with van der Waals surface area (Å²) in [5, 5.41) is 3.37. The fourth-order valence-corrected chi connectivity index (χ4v) is 2.81. The zero-order chi connectivity index (χ0) is 11.7. The van der Waals surface area contributed by atoms with E-state index < -0.39 is 0 Å². The number of fused-ring (bicyclic) bond motifs is 1. The number of halogens is 1. The number of nitrogens with one attached hydrogen (secondary N) is 1. The quantitative estimate of drug-likeness (QED) is 0.920. The van der Waals surface area contributed by atoms with Gasteiger partial charge < -0.3 is 9.88 Å². The van der Waals surface area contributed by atoms with Crippen LogP contribution in [0, 0.1) is 0 Å². The Morgan fingerprint density at radius 3 is 2.94 bits per heavy atom. The summed E-state index contributed by atoms with van der Waals surface area (Å²) >= 11 is 3.54. The van der Waals surface area contributed by atoms with Crippen molar-refractivity contribution in [2.45, 2.75) is 19.5 Å². The van der Waals surface area contributed by atoms with Gasteiger partial charge in [0, 0.05) is 26.1 Å². The first kappa shape index (κ1) is 11.0. The summed E-state index contributed by atoms with van der Waals surface area (Å²) in [6.45, 7) is 2.94. The van der Waals surface area contributed by atoms with Gasteiger partial charge in [-0.3, -0.25) is 0 Å². The summed E-state index contributed by atoms with van der Waals surface area (Å²) in [5.41, 5.74) is 2.58. The summed E-state index contributed by atoms with van der Waals surface area (Å²) in [7, 11) is 0. The van der Waals surface area contributed by atoms with Gasteiger partial charge in [0.2, 0.25) is 0 Å². The number of hydrogen-bond acceptors (Lipinski definition) is 2. The van der Waals surface area contributed by atoms with Gasteiger partial charge >= 0.3 is 0 Å². The van der Waals surface area contributed by atoms with Crippen molar-refractivity contribution in [3.05, 3.63) is 52.0 Å². The van der Waals surface area contributed by atoms with Gasteiger partial charge in [0.05, 0.1) is 5.69 Å². The first-order chi connectivity index (χ1) is 8.34. The average molecular weight is 292 g/mol. The summed E-state index contributed by atoms with van der Waals surface area (Å²) in [5.74, 6) is 1.15. The lowest BCUT2D eigenvalue weighted by Gasteiger charge is -2.18. The van der Waals surface area contributed by atoms with E-state index in [0.29, 0.717) is 0 Å². The number of hydrogen-bond donors (Lipinski definition) is 1. The molecule has 0 saturated carbocycles. The van der Waals surface area contributed by atoms with Crippen molar-refractivity contribution in [1.29, 1.82) is 0 Å². The van der Waals surface area contributed by atoms with E-state index in [1.807, 2.05) is 6.07 Å². The van der Waals surface area contributed by atoms with Gasteiger partial charge in [-0.05, 0) is 21.5 Å². The second-order valence-corrected chi connectivity index (χ2v) is 5.01. The molecule has 0 radical (unpaired) electrons. The molecule has 0 aliphatic carbocycles. The van der Waals surface area contributed by atoms with Gasteiger partial charge in [-0.2, -0.15) is 0 Å². The van der Waals surface area contributed by atoms with Gasteiger partial charge in [0.1, 0.15) is 10.4 Å². The van der Waals surface area contributed by atoms with Crippen molar-refractivity contribution in [2.24, 2.45) is 0 Å². The highest BCUT2D eigenvalue weighted by atomic mass is 79.9. The summed E-state index contributed by atoms with van der Waals surface area (Å²) in [4.78, 5) is 4.63. The molecule has 0 amide bonds. The smallest absolute Gasteiger partial charge is 0.128 e. The molecule has 0 atom stereocenters. The maximum Gasteiger partial charge on any atom is 0.128 e. The summed E-state index contributed by atoms with van der Waals surface area (Å²) < 4.78 is 3.31. The topological polar surface area (TPSA) is 29.9 Å². The summed E-state index contributed by atoms with van der Waals surface area (Å²) in [6, 6.07) is 10.5. The van der Waals surface area contributed by atoms with Crippen LogP contribution in [-0.4, -0.2) is 16.1 Å². The second-order valence-electron chi connectivity index (χ2n) is 4.26. The maximum atomic E-state index is 4.63. The Hall–Kier alpha value is -1.13. The third kappa shape index (κ3) is 2.15. The highest BCUT2D eigenvalue weighted by Crippen LogP contribution is 2.21. The molecule has 2 aromatic rings. The van der Waals surface area contributed by atoms with Gasteiger partial charge in [-0.1, -0.05) is 30.3 Å². The van der Waals surface area contributed by atoms with Gasteiger partial charge in [0.25, 0.3) is 0 Å². The van der Waals surface area contributed by atoms with Crippen LogP contribution in [-0.2, 0) is 19.5 Å². The number of rotatable bonds is 2. The van der Waals surface area contributed by atoms with E-state index in [9.17, 15) is 0 Å². The van der Waals surface area contributed by atoms with Crippen LogP contribution in [0.4, 0.5) is 0 Å². The minimum Gasteiger partial charge on any atom is -0.328 e. The highest BCUT2D eigenvalue weighted by molar-refractivity contribution is 9.10. The second kappa shape index (κ2) is 4.63. The molecule has 0 bridgehead atoms. The van der Waals surface area contributed by atoms with Crippen LogP contribution in [0.1, 0.15) is 17.1 Å². The Balaban J connectivity index is 1.93. The van der Waals surface area contributed by atoms with Crippen molar-refractivity contribution in [1.82, 2.24) is 14.9 Å². The lowest BCUT2D eigenvalue weighted by atomic mass is 10.1. The predicted molar refractivity (Wildman–Crippen MR) is 70.9 cm³/mol. The number of aromatic nitrogens is 2. The lowest BCUT2D eigenvalue weighted by Crippen LogP contribution is -2.28. The zero-order valence-electron chi connectivity index (χ0n) is 9.49. The number of benzene rings is 1. The van der Waals surface area contributed by atoms with Crippen molar-refractivity contribution in [3.63, 3.8) is 0 Å². The molecular formula is C13H14BrN3. The van der Waals surface area contributed by atoms with E-state index in [1.165, 1.54) is 11.3 Å². The fraction of sp³-hybridized carbons (Fsp3) is 0.308. The molecule has 0 fully saturated rings. The predicted octanol–water partition coefficient (Wildman–Crippen LogP) is 2.34. The Labute approximate surface area is 109 Å². The lowest BCUT2D eigenvalue weighted by molar-refractivity contribution is 0.503. The first-order valence-electron chi connectivity index (χ1n) is 5.83. The number of nitrogens with zero attached hydrogens (tertiary/aromatic N) is 2. The minimum atomic E-state index is 0.902. The normalized spacial score (nSPS) is 14.6. The van der Waals surface area contributed by atoms with Crippen LogP contribution < -0.4 is 5.32 Å². The molecule has 1 aromatic heterocycles. The molecule has 0 spiro atoms.